The monoisotopic (exact) mass is 347 g/mol. The minimum atomic E-state index is -3.71. The molecular weight excluding hydrogens is 326 g/mol. The summed E-state index contributed by atoms with van der Waals surface area (Å²) in [5.74, 6) is -0.310. The van der Waals surface area contributed by atoms with E-state index in [4.69, 9.17) is 0 Å². The van der Waals surface area contributed by atoms with Gasteiger partial charge in [0.15, 0.2) is 0 Å². The van der Waals surface area contributed by atoms with E-state index in [1.807, 2.05) is 24.3 Å². The molecule has 1 aromatic carbocycles. The first kappa shape index (κ1) is 16.6. The SMILES string of the molecule is CNC(=O)c1cc(S(=O)(=O)N2CCCCc3ccccc32)cn1C. The molecule has 1 N–H and O–H groups in total. The van der Waals surface area contributed by atoms with Gasteiger partial charge in [-0.05, 0) is 37.0 Å². The van der Waals surface area contributed by atoms with Gasteiger partial charge in [-0.25, -0.2) is 8.42 Å². The molecule has 128 valence electrons. The zero-order valence-corrected chi connectivity index (χ0v) is 14.6. The Balaban J connectivity index is 2.07. The van der Waals surface area contributed by atoms with Crippen LogP contribution in [0, 0.1) is 0 Å². The summed E-state index contributed by atoms with van der Waals surface area (Å²) in [6.07, 6.45) is 4.14. The number of nitrogens with zero attached hydrogens (tertiary/aromatic N) is 2. The van der Waals surface area contributed by atoms with E-state index in [0.717, 1.165) is 30.5 Å². The Morgan fingerprint density at radius 1 is 1.21 bits per heavy atom. The van der Waals surface area contributed by atoms with E-state index >= 15 is 0 Å². The molecule has 1 amide bonds. The Morgan fingerprint density at radius 3 is 2.71 bits per heavy atom. The van der Waals surface area contributed by atoms with Crippen LogP contribution in [0.3, 0.4) is 0 Å². The van der Waals surface area contributed by atoms with E-state index < -0.39 is 10.0 Å². The molecule has 0 saturated heterocycles. The van der Waals surface area contributed by atoms with E-state index in [2.05, 4.69) is 5.32 Å². The van der Waals surface area contributed by atoms with Crippen molar-refractivity contribution in [2.75, 3.05) is 17.9 Å². The lowest BCUT2D eigenvalue weighted by Crippen LogP contribution is -2.31. The fourth-order valence-corrected chi connectivity index (χ4v) is 4.68. The average molecular weight is 347 g/mol. The van der Waals surface area contributed by atoms with Gasteiger partial charge in [-0.15, -0.1) is 0 Å². The largest absolute Gasteiger partial charge is 0.354 e. The van der Waals surface area contributed by atoms with E-state index in [1.54, 1.807) is 7.05 Å². The lowest BCUT2D eigenvalue weighted by atomic mass is 10.1. The number of carbonyl (C=O) groups is 1. The van der Waals surface area contributed by atoms with Gasteiger partial charge in [-0.1, -0.05) is 18.2 Å². The molecule has 0 unspecified atom stereocenters. The third-order valence-electron chi connectivity index (χ3n) is 4.35. The predicted molar refractivity (Wildman–Crippen MR) is 92.7 cm³/mol. The Morgan fingerprint density at radius 2 is 1.96 bits per heavy atom. The number of aromatic nitrogens is 1. The van der Waals surface area contributed by atoms with Gasteiger partial charge in [-0.2, -0.15) is 0 Å². The van der Waals surface area contributed by atoms with Gasteiger partial charge in [0.25, 0.3) is 15.9 Å². The fraction of sp³-hybridized carbons (Fsp3) is 0.353. The van der Waals surface area contributed by atoms with Crippen LogP contribution >= 0.6 is 0 Å². The first-order valence-electron chi connectivity index (χ1n) is 7.94. The number of sulfonamides is 1. The summed E-state index contributed by atoms with van der Waals surface area (Å²) in [7, 11) is -0.521. The molecular formula is C17H21N3O3S. The normalized spacial score (nSPS) is 14.8. The number of rotatable bonds is 3. The standard InChI is InChI=1S/C17H21N3O3S/c1-18-17(21)16-11-14(12-19(16)2)24(22,23)20-10-6-5-8-13-7-3-4-9-15(13)20/h3-4,7,9,11-12H,5-6,8,10H2,1-2H3,(H,18,21). The highest BCUT2D eigenvalue weighted by molar-refractivity contribution is 7.92. The lowest BCUT2D eigenvalue weighted by Gasteiger charge is -2.23. The average Bonchev–Trinajstić information content (AvgIpc) is 2.84. The van der Waals surface area contributed by atoms with Gasteiger partial charge in [0.05, 0.1) is 5.69 Å². The highest BCUT2D eigenvalue weighted by Gasteiger charge is 2.29. The molecule has 1 aliphatic heterocycles. The summed E-state index contributed by atoms with van der Waals surface area (Å²) in [4.78, 5) is 12.0. The second-order valence-corrected chi connectivity index (χ2v) is 7.78. The molecule has 0 radical (unpaired) electrons. The molecule has 24 heavy (non-hydrogen) atoms. The van der Waals surface area contributed by atoms with E-state index in [0.29, 0.717) is 12.2 Å². The van der Waals surface area contributed by atoms with Crippen molar-refractivity contribution in [1.29, 1.82) is 0 Å². The Bertz CT molecular complexity index is 871. The number of anilines is 1. The Labute approximate surface area is 142 Å². The van der Waals surface area contributed by atoms with Crippen molar-refractivity contribution < 1.29 is 13.2 Å². The predicted octanol–water partition coefficient (Wildman–Crippen LogP) is 1.92. The first-order chi connectivity index (χ1) is 11.4. The molecule has 1 aliphatic rings. The van der Waals surface area contributed by atoms with Gasteiger partial charge < -0.3 is 9.88 Å². The maximum atomic E-state index is 13.2. The van der Waals surface area contributed by atoms with E-state index in [9.17, 15) is 13.2 Å². The number of nitrogens with one attached hydrogen (secondary N) is 1. The third kappa shape index (κ3) is 2.80. The smallest absolute Gasteiger partial charge is 0.267 e. The van der Waals surface area contributed by atoms with Crippen LogP contribution < -0.4 is 9.62 Å². The van der Waals surface area contributed by atoms with Crippen LogP contribution in [0.1, 0.15) is 28.9 Å². The fourth-order valence-electron chi connectivity index (χ4n) is 3.06. The van der Waals surface area contributed by atoms with Gasteiger partial charge >= 0.3 is 0 Å². The second kappa shape index (κ2) is 6.32. The number of hydrogen-bond donors (Lipinski definition) is 1. The summed E-state index contributed by atoms with van der Waals surface area (Å²) in [6, 6.07) is 9.04. The van der Waals surface area contributed by atoms with E-state index in [-0.39, 0.29) is 10.8 Å². The number of fused-ring (bicyclic) bond motifs is 1. The Kier molecular flexibility index (Phi) is 4.36. The maximum Gasteiger partial charge on any atom is 0.267 e. The van der Waals surface area contributed by atoms with Crippen molar-refractivity contribution in [2.24, 2.45) is 7.05 Å². The van der Waals surface area contributed by atoms with Crippen molar-refractivity contribution in [1.82, 2.24) is 9.88 Å². The molecule has 7 heteroatoms. The minimum absolute atomic E-state index is 0.139. The van der Waals surface area contributed by atoms with Crippen molar-refractivity contribution in [2.45, 2.75) is 24.2 Å². The topological polar surface area (TPSA) is 71.4 Å². The molecule has 0 spiro atoms. The number of amides is 1. The molecule has 0 saturated carbocycles. The van der Waals surface area contributed by atoms with E-state index in [1.165, 1.54) is 28.2 Å². The molecule has 2 aromatic rings. The summed E-state index contributed by atoms with van der Waals surface area (Å²) in [5, 5.41) is 2.52. The first-order valence-corrected chi connectivity index (χ1v) is 9.38. The van der Waals surface area contributed by atoms with Crippen LogP contribution in [-0.4, -0.2) is 32.5 Å². The highest BCUT2D eigenvalue weighted by Crippen LogP contribution is 2.31. The van der Waals surface area contributed by atoms with Crippen LogP contribution in [0.15, 0.2) is 41.4 Å². The molecule has 1 aromatic heterocycles. The number of para-hydroxylation sites is 1. The van der Waals surface area contributed by atoms with Crippen molar-refractivity contribution >= 4 is 21.6 Å². The lowest BCUT2D eigenvalue weighted by molar-refractivity contribution is 0.0955. The van der Waals surface area contributed by atoms with Crippen LogP contribution in [0.4, 0.5) is 5.69 Å². The second-order valence-electron chi connectivity index (χ2n) is 5.91. The Hall–Kier alpha value is -2.28. The highest BCUT2D eigenvalue weighted by atomic mass is 32.2. The molecule has 6 nitrogen and oxygen atoms in total. The zero-order chi connectivity index (χ0) is 17.3. The third-order valence-corrected chi connectivity index (χ3v) is 6.12. The number of carbonyl (C=O) groups excluding carboxylic acids is 1. The zero-order valence-electron chi connectivity index (χ0n) is 13.8. The maximum absolute atomic E-state index is 13.2. The van der Waals surface area contributed by atoms with Crippen molar-refractivity contribution in [3.05, 3.63) is 47.8 Å². The van der Waals surface area contributed by atoms with Gasteiger partial charge in [0.1, 0.15) is 10.6 Å². The minimum Gasteiger partial charge on any atom is -0.354 e. The van der Waals surface area contributed by atoms with Crippen LogP contribution in [0.25, 0.3) is 0 Å². The number of benzene rings is 1. The van der Waals surface area contributed by atoms with Crippen molar-refractivity contribution in [3.8, 4) is 0 Å². The van der Waals surface area contributed by atoms with Gasteiger partial charge in [0.2, 0.25) is 0 Å². The quantitative estimate of drug-likeness (QED) is 0.922. The van der Waals surface area contributed by atoms with Crippen molar-refractivity contribution in [3.63, 3.8) is 0 Å². The molecule has 3 rings (SSSR count). The van der Waals surface area contributed by atoms with Gasteiger partial charge in [-0.3, -0.25) is 9.10 Å². The van der Waals surface area contributed by atoms with Crippen LogP contribution in [0.5, 0.6) is 0 Å². The molecule has 0 atom stereocenters. The van der Waals surface area contributed by atoms with Gasteiger partial charge in [0, 0.05) is 26.8 Å². The molecule has 0 fully saturated rings. The summed E-state index contributed by atoms with van der Waals surface area (Å²) < 4.78 is 29.3. The molecule has 0 aliphatic carbocycles. The van der Waals surface area contributed by atoms with Crippen LogP contribution in [0.2, 0.25) is 0 Å². The summed E-state index contributed by atoms with van der Waals surface area (Å²) in [6.45, 7) is 0.448. The number of aryl methyl sites for hydroxylation is 2. The van der Waals surface area contributed by atoms with Crippen LogP contribution in [-0.2, 0) is 23.5 Å². The summed E-state index contributed by atoms with van der Waals surface area (Å²) >= 11 is 0. The molecule has 2 heterocycles. The number of hydrogen-bond acceptors (Lipinski definition) is 3. The molecule has 0 bridgehead atoms. The summed E-state index contributed by atoms with van der Waals surface area (Å²) in [5.41, 5.74) is 2.10.